The van der Waals surface area contributed by atoms with Gasteiger partial charge in [0.15, 0.2) is 0 Å². The number of anilines is 2. The Morgan fingerprint density at radius 3 is 2.25 bits per heavy atom. The van der Waals surface area contributed by atoms with E-state index in [1.165, 1.54) is 25.1 Å². The zero-order valence-corrected chi connectivity index (χ0v) is 18.1. The van der Waals surface area contributed by atoms with Crippen LogP contribution < -0.4 is 9.62 Å². The topological polar surface area (TPSA) is 110 Å². The average molecular weight is 457 g/mol. The predicted octanol–water partition coefficient (Wildman–Crippen LogP) is 4.18. The zero-order chi connectivity index (χ0) is 23.5. The fourth-order valence-electron chi connectivity index (χ4n) is 3.04. The van der Waals surface area contributed by atoms with Crippen LogP contribution in [0, 0.1) is 29.8 Å². The monoisotopic (exact) mass is 457 g/mol. The number of nitro groups is 1. The van der Waals surface area contributed by atoms with Gasteiger partial charge in [0.2, 0.25) is 5.91 Å². The van der Waals surface area contributed by atoms with Gasteiger partial charge >= 0.3 is 0 Å². The minimum Gasteiger partial charge on any atom is -0.324 e. The van der Waals surface area contributed by atoms with Crippen molar-refractivity contribution < 1.29 is 22.5 Å². The molecule has 1 N–H and O–H groups in total. The van der Waals surface area contributed by atoms with E-state index in [2.05, 4.69) is 5.32 Å². The third kappa shape index (κ3) is 4.92. The van der Waals surface area contributed by atoms with E-state index in [1.54, 1.807) is 24.3 Å². The maximum atomic E-state index is 13.3. The van der Waals surface area contributed by atoms with Crippen LogP contribution >= 0.6 is 0 Å². The molecule has 0 heterocycles. The first-order valence-electron chi connectivity index (χ1n) is 9.48. The van der Waals surface area contributed by atoms with E-state index in [0.717, 1.165) is 34.1 Å². The van der Waals surface area contributed by atoms with Crippen LogP contribution in [0.15, 0.2) is 71.6 Å². The first-order valence-corrected chi connectivity index (χ1v) is 10.9. The standard InChI is InChI=1S/C22H20FN3O5S/c1-15-6-10-18(11-7-15)25(32(30,31)19-12-8-17(23)9-13-19)14-22(27)24-20-4-3-5-21(16(20)2)26(28)29/h3-13H,14H2,1-2H3,(H,24,27). The Kier molecular flexibility index (Phi) is 6.54. The van der Waals surface area contributed by atoms with Gasteiger partial charge in [-0.05, 0) is 56.3 Å². The number of carbonyl (C=O) groups is 1. The lowest BCUT2D eigenvalue weighted by molar-refractivity contribution is -0.385. The summed E-state index contributed by atoms with van der Waals surface area (Å²) in [7, 11) is -4.21. The number of aryl methyl sites for hydroxylation is 1. The van der Waals surface area contributed by atoms with Crippen molar-refractivity contribution in [1.82, 2.24) is 0 Å². The highest BCUT2D eigenvalue weighted by atomic mass is 32.2. The molecule has 0 aliphatic carbocycles. The molecule has 0 bridgehead atoms. The second-order valence-electron chi connectivity index (χ2n) is 7.06. The molecule has 0 aromatic heterocycles. The maximum absolute atomic E-state index is 13.3. The molecule has 0 fully saturated rings. The van der Waals surface area contributed by atoms with Crippen molar-refractivity contribution in [1.29, 1.82) is 0 Å². The first-order chi connectivity index (χ1) is 15.1. The van der Waals surface area contributed by atoms with Gasteiger partial charge in [-0.1, -0.05) is 23.8 Å². The van der Waals surface area contributed by atoms with Crippen LogP contribution in [0.3, 0.4) is 0 Å². The lowest BCUT2D eigenvalue weighted by atomic mass is 10.1. The van der Waals surface area contributed by atoms with Crippen LogP contribution in [-0.4, -0.2) is 25.8 Å². The molecule has 32 heavy (non-hydrogen) atoms. The molecule has 0 spiro atoms. The number of sulfonamides is 1. The highest BCUT2D eigenvalue weighted by Crippen LogP contribution is 2.27. The molecule has 3 rings (SSSR count). The summed E-state index contributed by atoms with van der Waals surface area (Å²) in [6.07, 6.45) is 0. The Bertz CT molecular complexity index is 1260. The molecule has 166 valence electrons. The molecule has 10 heteroatoms. The van der Waals surface area contributed by atoms with Crippen LogP contribution in [0.5, 0.6) is 0 Å². The summed E-state index contributed by atoms with van der Waals surface area (Å²) < 4.78 is 40.7. The number of nitrogens with one attached hydrogen (secondary N) is 1. The normalized spacial score (nSPS) is 11.1. The Labute approximate surface area is 184 Å². The molecule has 0 saturated carbocycles. The lowest BCUT2D eigenvalue weighted by Crippen LogP contribution is -2.38. The number of benzene rings is 3. The third-order valence-electron chi connectivity index (χ3n) is 4.79. The van der Waals surface area contributed by atoms with Crippen LogP contribution in [0.4, 0.5) is 21.5 Å². The van der Waals surface area contributed by atoms with Crippen molar-refractivity contribution in [2.75, 3.05) is 16.2 Å². The van der Waals surface area contributed by atoms with Gasteiger partial charge in [-0.2, -0.15) is 0 Å². The van der Waals surface area contributed by atoms with Gasteiger partial charge in [0.05, 0.1) is 26.8 Å². The van der Waals surface area contributed by atoms with E-state index >= 15 is 0 Å². The SMILES string of the molecule is Cc1ccc(N(CC(=O)Nc2cccc([N+](=O)[O-])c2C)S(=O)(=O)c2ccc(F)cc2)cc1. The van der Waals surface area contributed by atoms with Crippen molar-refractivity contribution >= 4 is 33.0 Å². The van der Waals surface area contributed by atoms with Crippen molar-refractivity contribution in [3.05, 3.63) is 93.8 Å². The lowest BCUT2D eigenvalue weighted by Gasteiger charge is -2.24. The van der Waals surface area contributed by atoms with Crippen LogP contribution in [-0.2, 0) is 14.8 Å². The van der Waals surface area contributed by atoms with Gasteiger partial charge in [-0.25, -0.2) is 12.8 Å². The highest BCUT2D eigenvalue weighted by Gasteiger charge is 2.28. The first kappa shape index (κ1) is 22.9. The average Bonchev–Trinajstić information content (AvgIpc) is 2.74. The number of nitrogens with zero attached hydrogens (tertiary/aromatic N) is 2. The smallest absolute Gasteiger partial charge is 0.274 e. The Morgan fingerprint density at radius 2 is 1.66 bits per heavy atom. The maximum Gasteiger partial charge on any atom is 0.274 e. The van der Waals surface area contributed by atoms with Gasteiger partial charge in [-0.15, -0.1) is 0 Å². The minimum atomic E-state index is -4.21. The largest absolute Gasteiger partial charge is 0.324 e. The van der Waals surface area contributed by atoms with E-state index in [-0.39, 0.29) is 27.5 Å². The summed E-state index contributed by atoms with van der Waals surface area (Å²) in [6, 6.07) is 15.0. The minimum absolute atomic E-state index is 0.169. The summed E-state index contributed by atoms with van der Waals surface area (Å²) in [5, 5.41) is 13.7. The van der Waals surface area contributed by atoms with Gasteiger partial charge in [-0.3, -0.25) is 19.2 Å². The van der Waals surface area contributed by atoms with E-state index < -0.39 is 33.2 Å². The number of amides is 1. The highest BCUT2D eigenvalue weighted by molar-refractivity contribution is 7.92. The van der Waals surface area contributed by atoms with Crippen molar-refractivity contribution in [3.8, 4) is 0 Å². The second kappa shape index (κ2) is 9.15. The summed E-state index contributed by atoms with van der Waals surface area (Å²) in [4.78, 5) is 23.2. The van der Waals surface area contributed by atoms with Gasteiger partial charge < -0.3 is 5.32 Å². The van der Waals surface area contributed by atoms with Gasteiger partial charge in [0.25, 0.3) is 15.7 Å². The molecule has 0 aliphatic heterocycles. The van der Waals surface area contributed by atoms with E-state index in [1.807, 2.05) is 6.92 Å². The van der Waals surface area contributed by atoms with Crippen LogP contribution in [0.2, 0.25) is 0 Å². The van der Waals surface area contributed by atoms with Crippen molar-refractivity contribution in [3.63, 3.8) is 0 Å². The predicted molar refractivity (Wildman–Crippen MR) is 119 cm³/mol. The summed E-state index contributed by atoms with van der Waals surface area (Å²) >= 11 is 0. The molecule has 0 atom stereocenters. The molecule has 0 unspecified atom stereocenters. The Morgan fingerprint density at radius 1 is 1.03 bits per heavy atom. The molecule has 0 radical (unpaired) electrons. The Balaban J connectivity index is 1.95. The zero-order valence-electron chi connectivity index (χ0n) is 17.3. The van der Waals surface area contributed by atoms with Crippen LogP contribution in [0.25, 0.3) is 0 Å². The van der Waals surface area contributed by atoms with Crippen molar-refractivity contribution in [2.24, 2.45) is 0 Å². The van der Waals surface area contributed by atoms with Gasteiger partial charge in [0.1, 0.15) is 12.4 Å². The number of carbonyl (C=O) groups excluding carboxylic acids is 1. The number of rotatable bonds is 7. The van der Waals surface area contributed by atoms with Crippen molar-refractivity contribution in [2.45, 2.75) is 18.7 Å². The molecule has 3 aromatic rings. The quantitative estimate of drug-likeness (QED) is 0.423. The second-order valence-corrected chi connectivity index (χ2v) is 8.92. The molecule has 1 amide bonds. The van der Waals surface area contributed by atoms with Crippen LogP contribution in [0.1, 0.15) is 11.1 Å². The van der Waals surface area contributed by atoms with E-state index in [4.69, 9.17) is 0 Å². The molecular weight excluding hydrogens is 437 g/mol. The molecule has 8 nitrogen and oxygen atoms in total. The molecule has 0 aliphatic rings. The fourth-order valence-corrected chi connectivity index (χ4v) is 4.46. The number of halogens is 1. The summed E-state index contributed by atoms with van der Waals surface area (Å²) in [5.74, 6) is -1.29. The molecule has 3 aromatic carbocycles. The number of hydrogen-bond acceptors (Lipinski definition) is 5. The third-order valence-corrected chi connectivity index (χ3v) is 6.57. The van der Waals surface area contributed by atoms with Gasteiger partial charge in [0, 0.05) is 6.07 Å². The van der Waals surface area contributed by atoms with E-state index in [0.29, 0.717) is 0 Å². The molecular formula is C22H20FN3O5S. The number of nitro benzene ring substituents is 1. The summed E-state index contributed by atoms with van der Waals surface area (Å²) in [5.41, 5.74) is 1.41. The fraction of sp³-hybridized carbons (Fsp3) is 0.136. The Hall–Kier alpha value is -3.79. The van der Waals surface area contributed by atoms with E-state index in [9.17, 15) is 27.7 Å². The summed E-state index contributed by atoms with van der Waals surface area (Å²) in [6.45, 7) is 2.73. The number of hydrogen-bond donors (Lipinski definition) is 1. The molecule has 0 saturated heterocycles.